The van der Waals surface area contributed by atoms with Crippen molar-refractivity contribution in [2.75, 3.05) is 5.32 Å². The standard InChI is InChI=1S/C26H28N6O4/c1-5-12-30-24(35)20-11-10-18(23(34)27-16(3)4)14-21(20)32-25(30)29-31(26(32)36)15-22(33)28-19-9-7-8-17(6-2)13-19/h5,7-11,13-14,16H,1,6,12,15H2,2-4H3,(H,27,34)(H,28,33). The zero-order valence-electron chi connectivity index (χ0n) is 20.4. The van der Waals surface area contributed by atoms with Crippen molar-refractivity contribution in [2.24, 2.45) is 0 Å². The van der Waals surface area contributed by atoms with Crippen molar-refractivity contribution in [2.45, 2.75) is 46.3 Å². The SMILES string of the molecule is C=CCn1c(=O)c2ccc(C(=O)NC(C)C)cc2n2c(=O)n(CC(=O)Nc3cccc(CC)c3)nc12. The number of hydrogen-bond donors (Lipinski definition) is 2. The summed E-state index contributed by atoms with van der Waals surface area (Å²) in [4.78, 5) is 51.9. The van der Waals surface area contributed by atoms with E-state index in [1.807, 2.05) is 39.0 Å². The van der Waals surface area contributed by atoms with E-state index in [9.17, 15) is 19.2 Å². The Kier molecular flexibility index (Phi) is 6.86. The number of anilines is 1. The van der Waals surface area contributed by atoms with E-state index >= 15 is 0 Å². The van der Waals surface area contributed by atoms with Crippen LogP contribution < -0.4 is 21.9 Å². The number of nitrogens with zero attached hydrogens (tertiary/aromatic N) is 4. The molecule has 0 bridgehead atoms. The molecule has 2 aromatic carbocycles. The smallest absolute Gasteiger partial charge is 0.350 e. The summed E-state index contributed by atoms with van der Waals surface area (Å²) in [5, 5.41) is 10.1. The Morgan fingerprint density at radius 1 is 1.14 bits per heavy atom. The molecule has 0 aliphatic heterocycles. The Morgan fingerprint density at radius 3 is 2.61 bits per heavy atom. The maximum atomic E-state index is 13.4. The third-order valence-electron chi connectivity index (χ3n) is 5.68. The molecule has 10 nitrogen and oxygen atoms in total. The van der Waals surface area contributed by atoms with E-state index in [2.05, 4.69) is 22.3 Å². The molecule has 0 aliphatic carbocycles. The maximum absolute atomic E-state index is 13.4. The first-order chi connectivity index (χ1) is 17.2. The summed E-state index contributed by atoms with van der Waals surface area (Å²) in [5.74, 6) is -0.711. The van der Waals surface area contributed by atoms with Crippen LogP contribution in [0.25, 0.3) is 16.7 Å². The van der Waals surface area contributed by atoms with Gasteiger partial charge in [0.2, 0.25) is 11.7 Å². The number of aromatic nitrogens is 4. The molecule has 4 aromatic rings. The number of carbonyl (C=O) groups is 2. The third-order valence-corrected chi connectivity index (χ3v) is 5.68. The van der Waals surface area contributed by atoms with Crippen LogP contribution in [0.2, 0.25) is 0 Å². The summed E-state index contributed by atoms with van der Waals surface area (Å²) < 4.78 is 3.56. The molecule has 0 saturated carbocycles. The van der Waals surface area contributed by atoms with E-state index in [1.165, 1.54) is 27.2 Å². The van der Waals surface area contributed by atoms with Gasteiger partial charge < -0.3 is 10.6 Å². The van der Waals surface area contributed by atoms with Crippen LogP contribution in [0.4, 0.5) is 5.69 Å². The second-order valence-corrected chi connectivity index (χ2v) is 8.74. The van der Waals surface area contributed by atoms with Gasteiger partial charge in [-0.2, -0.15) is 0 Å². The molecule has 4 rings (SSSR count). The van der Waals surface area contributed by atoms with Crippen molar-refractivity contribution in [3.8, 4) is 0 Å². The van der Waals surface area contributed by atoms with Gasteiger partial charge in [0, 0.05) is 23.8 Å². The minimum absolute atomic E-state index is 0.0552. The van der Waals surface area contributed by atoms with Gasteiger partial charge in [0.15, 0.2) is 0 Å². The van der Waals surface area contributed by atoms with Gasteiger partial charge in [-0.3, -0.25) is 19.0 Å². The highest BCUT2D eigenvalue weighted by Crippen LogP contribution is 2.15. The van der Waals surface area contributed by atoms with Crippen LogP contribution in [0.1, 0.15) is 36.7 Å². The summed E-state index contributed by atoms with van der Waals surface area (Å²) in [7, 11) is 0. The summed E-state index contributed by atoms with van der Waals surface area (Å²) in [6.45, 7) is 9.14. The third kappa shape index (κ3) is 4.70. The summed E-state index contributed by atoms with van der Waals surface area (Å²) in [6.07, 6.45) is 2.34. The van der Waals surface area contributed by atoms with Crippen LogP contribution in [0.15, 0.2) is 64.7 Å². The lowest BCUT2D eigenvalue weighted by molar-refractivity contribution is -0.117. The topological polar surface area (TPSA) is 120 Å². The van der Waals surface area contributed by atoms with Gasteiger partial charge in [-0.05, 0) is 56.2 Å². The van der Waals surface area contributed by atoms with Gasteiger partial charge in [0.25, 0.3) is 11.5 Å². The van der Waals surface area contributed by atoms with E-state index in [0.717, 1.165) is 16.7 Å². The van der Waals surface area contributed by atoms with Crippen molar-refractivity contribution in [3.63, 3.8) is 0 Å². The predicted octanol–water partition coefficient (Wildman–Crippen LogP) is 2.34. The maximum Gasteiger partial charge on any atom is 0.352 e. The molecule has 0 aliphatic rings. The molecule has 0 radical (unpaired) electrons. The largest absolute Gasteiger partial charge is 0.352 e. The summed E-state index contributed by atoms with van der Waals surface area (Å²) >= 11 is 0. The highest BCUT2D eigenvalue weighted by Gasteiger charge is 2.20. The lowest BCUT2D eigenvalue weighted by Gasteiger charge is -2.11. The molecule has 0 atom stereocenters. The highest BCUT2D eigenvalue weighted by atomic mass is 16.2. The van der Waals surface area contributed by atoms with Gasteiger partial charge in [-0.1, -0.05) is 25.1 Å². The van der Waals surface area contributed by atoms with E-state index in [-0.39, 0.29) is 47.3 Å². The number of benzene rings is 2. The normalized spacial score (nSPS) is 11.2. The van der Waals surface area contributed by atoms with Crippen molar-refractivity contribution in [3.05, 3.63) is 87.1 Å². The van der Waals surface area contributed by atoms with E-state index in [4.69, 9.17) is 0 Å². The van der Waals surface area contributed by atoms with Gasteiger partial charge in [-0.25, -0.2) is 13.9 Å². The van der Waals surface area contributed by atoms with E-state index < -0.39 is 11.6 Å². The van der Waals surface area contributed by atoms with Crippen LogP contribution in [0.5, 0.6) is 0 Å². The second-order valence-electron chi connectivity index (χ2n) is 8.74. The van der Waals surface area contributed by atoms with Gasteiger partial charge >= 0.3 is 5.69 Å². The van der Waals surface area contributed by atoms with Crippen LogP contribution in [0.3, 0.4) is 0 Å². The van der Waals surface area contributed by atoms with Crippen molar-refractivity contribution < 1.29 is 9.59 Å². The monoisotopic (exact) mass is 488 g/mol. The van der Waals surface area contributed by atoms with Crippen molar-refractivity contribution >= 4 is 34.2 Å². The second kappa shape index (κ2) is 10.0. The van der Waals surface area contributed by atoms with Gasteiger partial charge in [-0.15, -0.1) is 11.7 Å². The Bertz CT molecular complexity index is 1610. The number of rotatable bonds is 8. The molecular formula is C26H28N6O4. The molecule has 2 heterocycles. The Balaban J connectivity index is 1.82. The molecule has 0 saturated heterocycles. The van der Waals surface area contributed by atoms with Crippen molar-refractivity contribution in [1.29, 1.82) is 0 Å². The quantitative estimate of drug-likeness (QED) is 0.369. The fraction of sp³-hybridized carbons (Fsp3) is 0.269. The minimum Gasteiger partial charge on any atom is -0.350 e. The lowest BCUT2D eigenvalue weighted by atomic mass is 10.1. The zero-order chi connectivity index (χ0) is 26.0. The Morgan fingerprint density at radius 2 is 1.92 bits per heavy atom. The first kappa shape index (κ1) is 24.6. The first-order valence-electron chi connectivity index (χ1n) is 11.7. The molecule has 2 aromatic heterocycles. The fourth-order valence-electron chi connectivity index (χ4n) is 4.00. The number of allylic oxidation sites excluding steroid dienone is 1. The Labute approximate surface area is 206 Å². The summed E-state index contributed by atoms with van der Waals surface area (Å²) in [6, 6.07) is 11.9. The molecule has 2 amide bonds. The lowest BCUT2D eigenvalue weighted by Crippen LogP contribution is -2.31. The number of hydrogen-bond acceptors (Lipinski definition) is 5. The number of fused-ring (bicyclic) bond motifs is 3. The van der Waals surface area contributed by atoms with Crippen LogP contribution in [-0.4, -0.2) is 36.6 Å². The number of amides is 2. The molecule has 0 spiro atoms. The zero-order valence-corrected chi connectivity index (χ0v) is 20.4. The molecule has 10 heteroatoms. The Hall–Kier alpha value is -4.47. The molecule has 0 unspecified atom stereocenters. The van der Waals surface area contributed by atoms with E-state index in [0.29, 0.717) is 11.3 Å². The fourth-order valence-corrected chi connectivity index (χ4v) is 4.00. The molecular weight excluding hydrogens is 460 g/mol. The predicted molar refractivity (Wildman–Crippen MR) is 138 cm³/mol. The average Bonchev–Trinajstić information content (AvgIpc) is 3.16. The van der Waals surface area contributed by atoms with Crippen LogP contribution in [-0.2, 0) is 24.3 Å². The van der Waals surface area contributed by atoms with Crippen LogP contribution in [0, 0.1) is 0 Å². The average molecular weight is 489 g/mol. The van der Waals surface area contributed by atoms with Crippen LogP contribution >= 0.6 is 0 Å². The molecule has 186 valence electrons. The van der Waals surface area contributed by atoms with Gasteiger partial charge in [0.1, 0.15) is 6.54 Å². The highest BCUT2D eigenvalue weighted by molar-refractivity contribution is 5.98. The van der Waals surface area contributed by atoms with Gasteiger partial charge in [0.05, 0.1) is 10.9 Å². The minimum atomic E-state index is -0.605. The number of carbonyl (C=O) groups excluding carboxylic acids is 2. The number of nitrogens with one attached hydrogen (secondary N) is 2. The molecule has 2 N–H and O–H groups in total. The van der Waals surface area contributed by atoms with Crippen molar-refractivity contribution in [1.82, 2.24) is 24.1 Å². The molecule has 0 fully saturated rings. The number of aryl methyl sites for hydroxylation is 1. The first-order valence-corrected chi connectivity index (χ1v) is 11.7. The van der Waals surface area contributed by atoms with E-state index in [1.54, 1.807) is 12.1 Å². The molecule has 36 heavy (non-hydrogen) atoms. The summed E-state index contributed by atoms with van der Waals surface area (Å²) in [5.41, 5.74) is 1.23.